The molecule has 20 heavy (non-hydrogen) atoms. The summed E-state index contributed by atoms with van der Waals surface area (Å²) in [5.41, 5.74) is 1.07. The van der Waals surface area contributed by atoms with Crippen LogP contribution in [-0.2, 0) is 6.54 Å². The van der Waals surface area contributed by atoms with E-state index in [1.807, 2.05) is 24.3 Å². The molecule has 4 heteroatoms. The molecule has 0 aliphatic rings. The molecule has 4 nitrogen and oxygen atoms in total. The Morgan fingerprint density at radius 2 is 2.10 bits per heavy atom. The Bertz CT molecular complexity index is 429. The van der Waals surface area contributed by atoms with E-state index < -0.39 is 0 Å². The number of nitrogens with one attached hydrogen (secondary N) is 2. The maximum atomic E-state index is 5.63. The van der Waals surface area contributed by atoms with Crippen molar-refractivity contribution in [1.82, 2.24) is 10.6 Å². The number of para-hydroxylation sites is 1. The van der Waals surface area contributed by atoms with Crippen molar-refractivity contribution in [2.75, 3.05) is 19.7 Å². The fourth-order valence-corrected chi connectivity index (χ4v) is 1.67. The van der Waals surface area contributed by atoms with E-state index in [2.05, 4.69) is 36.1 Å². The quantitative estimate of drug-likeness (QED) is 0.435. The summed E-state index contributed by atoms with van der Waals surface area (Å²) in [4.78, 5) is 4.58. The third kappa shape index (κ3) is 5.78. The Morgan fingerprint density at radius 3 is 2.80 bits per heavy atom. The first-order valence-electron chi connectivity index (χ1n) is 7.15. The number of ether oxygens (including phenoxy) is 1. The van der Waals surface area contributed by atoms with Gasteiger partial charge in [0, 0.05) is 18.7 Å². The molecule has 0 saturated carbocycles. The van der Waals surface area contributed by atoms with Crippen molar-refractivity contribution in [3.8, 4) is 5.75 Å². The van der Waals surface area contributed by atoms with Crippen LogP contribution in [0.15, 0.2) is 41.9 Å². The van der Waals surface area contributed by atoms with E-state index >= 15 is 0 Å². The highest BCUT2D eigenvalue weighted by molar-refractivity contribution is 5.79. The van der Waals surface area contributed by atoms with Crippen LogP contribution >= 0.6 is 0 Å². The minimum atomic E-state index is 0.509. The van der Waals surface area contributed by atoms with Crippen molar-refractivity contribution in [2.24, 2.45) is 4.99 Å². The molecule has 1 rings (SSSR count). The van der Waals surface area contributed by atoms with Crippen LogP contribution in [0.1, 0.15) is 25.8 Å². The third-order valence-electron chi connectivity index (χ3n) is 2.62. The van der Waals surface area contributed by atoms with Crippen molar-refractivity contribution < 1.29 is 4.74 Å². The van der Waals surface area contributed by atoms with Crippen LogP contribution in [0.25, 0.3) is 0 Å². The average Bonchev–Trinajstić information content (AvgIpc) is 2.48. The fourth-order valence-electron chi connectivity index (χ4n) is 1.67. The van der Waals surface area contributed by atoms with E-state index in [1.165, 1.54) is 0 Å². The van der Waals surface area contributed by atoms with Crippen molar-refractivity contribution in [1.29, 1.82) is 0 Å². The van der Waals surface area contributed by atoms with Crippen LogP contribution < -0.4 is 15.4 Å². The number of rotatable bonds is 8. The summed E-state index contributed by atoms with van der Waals surface area (Å²) in [5.74, 6) is 1.70. The normalized spacial score (nSPS) is 11.0. The van der Waals surface area contributed by atoms with Crippen LogP contribution in [0.4, 0.5) is 0 Å². The molecule has 0 unspecified atom stereocenters. The second-order valence-electron chi connectivity index (χ2n) is 4.33. The smallest absolute Gasteiger partial charge is 0.191 e. The van der Waals surface area contributed by atoms with Gasteiger partial charge in [0.2, 0.25) is 0 Å². The molecule has 0 amide bonds. The highest BCUT2D eigenvalue weighted by Crippen LogP contribution is 2.18. The van der Waals surface area contributed by atoms with Gasteiger partial charge in [-0.1, -0.05) is 37.8 Å². The number of aliphatic imine (C=N–C) groups is 1. The predicted octanol–water partition coefficient (Wildman–Crippen LogP) is 2.72. The summed E-state index contributed by atoms with van der Waals surface area (Å²) in [6, 6.07) is 7.95. The van der Waals surface area contributed by atoms with E-state index in [9.17, 15) is 0 Å². The van der Waals surface area contributed by atoms with Gasteiger partial charge in [0.1, 0.15) is 12.4 Å². The molecule has 1 aromatic rings. The fraction of sp³-hybridized carbons (Fsp3) is 0.438. The summed E-state index contributed by atoms with van der Waals surface area (Å²) in [5, 5.41) is 6.52. The molecule has 0 aromatic heterocycles. The summed E-state index contributed by atoms with van der Waals surface area (Å²) in [7, 11) is 0. The molecule has 0 saturated heterocycles. The Hall–Kier alpha value is -1.97. The number of benzene rings is 1. The molecule has 0 fully saturated rings. The van der Waals surface area contributed by atoms with E-state index in [-0.39, 0.29) is 0 Å². The van der Waals surface area contributed by atoms with Crippen LogP contribution in [0.5, 0.6) is 5.75 Å². The first-order valence-corrected chi connectivity index (χ1v) is 7.15. The number of nitrogens with zero attached hydrogens (tertiary/aromatic N) is 1. The van der Waals surface area contributed by atoms with Crippen LogP contribution in [0.2, 0.25) is 0 Å². The topological polar surface area (TPSA) is 45.6 Å². The maximum absolute atomic E-state index is 5.63. The largest absolute Gasteiger partial charge is 0.489 e. The van der Waals surface area contributed by atoms with Crippen LogP contribution in [0, 0.1) is 0 Å². The van der Waals surface area contributed by atoms with Crippen molar-refractivity contribution in [2.45, 2.75) is 26.8 Å². The van der Waals surface area contributed by atoms with Crippen molar-refractivity contribution in [3.63, 3.8) is 0 Å². The van der Waals surface area contributed by atoms with Gasteiger partial charge in [-0.25, -0.2) is 4.99 Å². The van der Waals surface area contributed by atoms with Gasteiger partial charge in [0.15, 0.2) is 5.96 Å². The lowest BCUT2D eigenvalue weighted by molar-refractivity contribution is 0.359. The maximum Gasteiger partial charge on any atom is 0.191 e. The Labute approximate surface area is 121 Å². The molecule has 0 bridgehead atoms. The van der Waals surface area contributed by atoms with Gasteiger partial charge in [-0.15, -0.1) is 0 Å². The first kappa shape index (κ1) is 16.1. The molecule has 0 heterocycles. The second kappa shape index (κ2) is 9.89. The first-order chi connectivity index (χ1) is 9.81. The summed E-state index contributed by atoms with van der Waals surface area (Å²) in [6.45, 7) is 10.7. The van der Waals surface area contributed by atoms with Crippen LogP contribution in [-0.4, -0.2) is 25.7 Å². The average molecular weight is 275 g/mol. The minimum absolute atomic E-state index is 0.509. The molecule has 0 spiro atoms. The van der Waals surface area contributed by atoms with Crippen LogP contribution in [0.3, 0.4) is 0 Å². The molecule has 110 valence electrons. The SMILES string of the molecule is C=CCOc1ccccc1CN=C(NCC)NCCC. The third-order valence-corrected chi connectivity index (χ3v) is 2.62. The Kier molecular flexibility index (Phi) is 7.96. The summed E-state index contributed by atoms with van der Waals surface area (Å²) < 4.78 is 5.63. The van der Waals surface area contributed by atoms with Gasteiger partial charge < -0.3 is 15.4 Å². The number of hydrogen-bond acceptors (Lipinski definition) is 2. The predicted molar refractivity (Wildman–Crippen MR) is 85.2 cm³/mol. The summed E-state index contributed by atoms with van der Waals surface area (Å²) in [6.07, 6.45) is 2.82. The lowest BCUT2D eigenvalue weighted by atomic mass is 10.2. The van der Waals surface area contributed by atoms with Gasteiger partial charge >= 0.3 is 0 Å². The van der Waals surface area contributed by atoms with E-state index in [0.29, 0.717) is 13.2 Å². The summed E-state index contributed by atoms with van der Waals surface area (Å²) >= 11 is 0. The molecule has 0 atom stereocenters. The number of hydrogen-bond donors (Lipinski definition) is 2. The molecule has 0 radical (unpaired) electrons. The molecule has 0 aliphatic heterocycles. The minimum Gasteiger partial charge on any atom is -0.489 e. The lowest BCUT2D eigenvalue weighted by Crippen LogP contribution is -2.37. The van der Waals surface area contributed by atoms with Gasteiger partial charge in [0.05, 0.1) is 6.54 Å². The van der Waals surface area contributed by atoms with Gasteiger partial charge in [-0.05, 0) is 19.4 Å². The number of guanidine groups is 1. The zero-order chi connectivity index (χ0) is 14.6. The Morgan fingerprint density at radius 1 is 1.30 bits per heavy atom. The Balaban J connectivity index is 2.71. The molecule has 1 aromatic carbocycles. The van der Waals surface area contributed by atoms with Gasteiger partial charge in [-0.3, -0.25) is 0 Å². The van der Waals surface area contributed by atoms with E-state index in [4.69, 9.17) is 4.74 Å². The van der Waals surface area contributed by atoms with Crippen molar-refractivity contribution >= 4 is 5.96 Å². The molecule has 0 aliphatic carbocycles. The molecule has 2 N–H and O–H groups in total. The molecular weight excluding hydrogens is 250 g/mol. The van der Waals surface area contributed by atoms with Gasteiger partial charge in [-0.2, -0.15) is 0 Å². The monoisotopic (exact) mass is 275 g/mol. The van der Waals surface area contributed by atoms with E-state index in [0.717, 1.165) is 36.8 Å². The zero-order valence-electron chi connectivity index (χ0n) is 12.5. The zero-order valence-corrected chi connectivity index (χ0v) is 12.5. The van der Waals surface area contributed by atoms with E-state index in [1.54, 1.807) is 6.08 Å². The molecular formula is C16H25N3O. The standard InChI is InChI=1S/C16H25N3O/c1-4-11-18-16(17-6-3)19-13-14-9-7-8-10-15(14)20-12-5-2/h5,7-10H,2,4,6,11-13H2,1,3H3,(H2,17,18,19). The highest BCUT2D eigenvalue weighted by atomic mass is 16.5. The van der Waals surface area contributed by atoms with Crippen molar-refractivity contribution in [3.05, 3.63) is 42.5 Å². The highest BCUT2D eigenvalue weighted by Gasteiger charge is 2.02. The second-order valence-corrected chi connectivity index (χ2v) is 4.33. The lowest BCUT2D eigenvalue weighted by Gasteiger charge is -2.12. The van der Waals surface area contributed by atoms with Gasteiger partial charge in [0.25, 0.3) is 0 Å².